The van der Waals surface area contributed by atoms with Crippen molar-refractivity contribution in [1.82, 2.24) is 5.32 Å². The molecule has 0 bridgehead atoms. The maximum atomic E-state index is 11.9. The predicted octanol–water partition coefficient (Wildman–Crippen LogP) is 1.95. The third-order valence-corrected chi connectivity index (χ3v) is 3.52. The van der Waals surface area contributed by atoms with Gasteiger partial charge in [0.25, 0.3) is 5.91 Å². The Hall–Kier alpha value is -3.35. The van der Waals surface area contributed by atoms with Crippen molar-refractivity contribution in [1.29, 1.82) is 0 Å². The van der Waals surface area contributed by atoms with Crippen molar-refractivity contribution in [2.24, 2.45) is 0 Å². The van der Waals surface area contributed by atoms with Crippen molar-refractivity contribution in [3.8, 4) is 5.75 Å². The Labute approximate surface area is 150 Å². The molecule has 0 fully saturated rings. The van der Waals surface area contributed by atoms with Gasteiger partial charge in [-0.3, -0.25) is 4.79 Å². The molecule has 0 radical (unpaired) electrons. The number of amides is 1. The van der Waals surface area contributed by atoms with Gasteiger partial charge in [0.2, 0.25) is 0 Å². The summed E-state index contributed by atoms with van der Waals surface area (Å²) in [7, 11) is 2.84. The summed E-state index contributed by atoms with van der Waals surface area (Å²) < 4.78 is 14.6. The summed E-state index contributed by atoms with van der Waals surface area (Å²) in [5.74, 6) is -0.822. The second kappa shape index (κ2) is 9.22. The topological polar surface area (TPSA) is 90.9 Å². The molecule has 0 aromatic heterocycles. The molecule has 2 aromatic rings. The number of carbonyl (C=O) groups is 3. The quantitative estimate of drug-likeness (QED) is 0.762. The van der Waals surface area contributed by atoms with Crippen molar-refractivity contribution in [2.75, 3.05) is 20.8 Å². The lowest BCUT2D eigenvalue weighted by molar-refractivity contribution is -0.124. The molecule has 0 aliphatic heterocycles. The first-order valence-electron chi connectivity index (χ1n) is 7.78. The van der Waals surface area contributed by atoms with E-state index in [1.807, 2.05) is 0 Å². The number of esters is 2. The van der Waals surface area contributed by atoms with Crippen LogP contribution in [0.1, 0.15) is 26.3 Å². The molecular weight excluding hydrogens is 338 g/mol. The fraction of sp³-hybridized carbons (Fsp3) is 0.211. The molecule has 0 aliphatic carbocycles. The molecule has 1 N–H and O–H groups in total. The van der Waals surface area contributed by atoms with Gasteiger partial charge in [0, 0.05) is 6.54 Å². The molecule has 0 atom stereocenters. The maximum Gasteiger partial charge on any atom is 0.338 e. The lowest BCUT2D eigenvalue weighted by Crippen LogP contribution is -2.28. The smallest absolute Gasteiger partial charge is 0.338 e. The summed E-state index contributed by atoms with van der Waals surface area (Å²) in [6.07, 6.45) is 0. The van der Waals surface area contributed by atoms with Gasteiger partial charge in [0.1, 0.15) is 5.75 Å². The van der Waals surface area contributed by atoms with Crippen LogP contribution in [-0.2, 0) is 20.8 Å². The van der Waals surface area contributed by atoms with E-state index in [0.29, 0.717) is 16.9 Å². The van der Waals surface area contributed by atoms with Crippen molar-refractivity contribution in [2.45, 2.75) is 6.54 Å². The number of carbonyl (C=O) groups excluding carboxylic acids is 3. The summed E-state index contributed by atoms with van der Waals surface area (Å²) in [5.41, 5.74) is 1.56. The Morgan fingerprint density at radius 1 is 0.846 bits per heavy atom. The van der Waals surface area contributed by atoms with Crippen LogP contribution in [0, 0.1) is 0 Å². The minimum absolute atomic E-state index is 0.250. The molecule has 0 heterocycles. The second-order valence-electron chi connectivity index (χ2n) is 5.27. The molecule has 7 heteroatoms. The number of rotatable bonds is 7. The fourth-order valence-electron chi connectivity index (χ4n) is 2.07. The SMILES string of the molecule is COC(=O)c1ccc(CNC(=O)COC(=O)c2ccc(OC)cc2)cc1. The van der Waals surface area contributed by atoms with E-state index < -0.39 is 17.8 Å². The first kappa shape index (κ1) is 19.0. The molecule has 0 spiro atoms. The van der Waals surface area contributed by atoms with E-state index in [1.54, 1.807) is 48.5 Å². The minimum atomic E-state index is -0.592. The van der Waals surface area contributed by atoms with E-state index in [2.05, 4.69) is 10.1 Å². The summed E-state index contributed by atoms with van der Waals surface area (Å²) in [6.45, 7) is -0.133. The molecule has 136 valence electrons. The number of hydrogen-bond acceptors (Lipinski definition) is 6. The first-order valence-corrected chi connectivity index (χ1v) is 7.78. The zero-order valence-corrected chi connectivity index (χ0v) is 14.5. The molecule has 26 heavy (non-hydrogen) atoms. The third kappa shape index (κ3) is 5.34. The average Bonchev–Trinajstić information content (AvgIpc) is 2.70. The van der Waals surface area contributed by atoms with Gasteiger partial charge in [-0.05, 0) is 42.0 Å². The normalized spacial score (nSPS) is 9.92. The van der Waals surface area contributed by atoms with Gasteiger partial charge in [-0.1, -0.05) is 12.1 Å². The largest absolute Gasteiger partial charge is 0.497 e. The van der Waals surface area contributed by atoms with Crippen LogP contribution in [0.4, 0.5) is 0 Å². The van der Waals surface area contributed by atoms with Crippen molar-refractivity contribution >= 4 is 17.8 Å². The summed E-state index contributed by atoms with van der Waals surface area (Å²) in [6, 6.07) is 13.0. The van der Waals surface area contributed by atoms with Gasteiger partial charge < -0.3 is 19.5 Å². The van der Waals surface area contributed by atoms with Gasteiger partial charge in [-0.25, -0.2) is 9.59 Å². The van der Waals surface area contributed by atoms with Crippen LogP contribution in [0.15, 0.2) is 48.5 Å². The Bertz CT molecular complexity index is 768. The standard InChI is InChI=1S/C19H19NO6/c1-24-16-9-7-15(8-10-16)19(23)26-12-17(21)20-11-13-3-5-14(6-4-13)18(22)25-2/h3-10H,11-12H2,1-2H3,(H,20,21). The summed E-state index contributed by atoms with van der Waals surface area (Å²) in [5, 5.41) is 2.63. The second-order valence-corrected chi connectivity index (χ2v) is 5.27. The van der Waals surface area contributed by atoms with Crippen LogP contribution < -0.4 is 10.1 Å². The summed E-state index contributed by atoms with van der Waals surface area (Å²) >= 11 is 0. The fourth-order valence-corrected chi connectivity index (χ4v) is 2.07. The molecule has 2 rings (SSSR count). The van der Waals surface area contributed by atoms with E-state index in [1.165, 1.54) is 14.2 Å². The van der Waals surface area contributed by atoms with E-state index in [0.717, 1.165) is 5.56 Å². The van der Waals surface area contributed by atoms with Gasteiger partial charge >= 0.3 is 11.9 Å². The highest BCUT2D eigenvalue weighted by Gasteiger charge is 2.10. The molecular formula is C19H19NO6. The lowest BCUT2D eigenvalue weighted by atomic mass is 10.1. The molecule has 0 aliphatic rings. The zero-order chi connectivity index (χ0) is 18.9. The molecule has 2 aromatic carbocycles. The van der Waals surface area contributed by atoms with Crippen molar-refractivity contribution in [3.05, 3.63) is 65.2 Å². The highest BCUT2D eigenvalue weighted by Crippen LogP contribution is 2.12. The van der Waals surface area contributed by atoms with Gasteiger partial charge in [-0.15, -0.1) is 0 Å². The van der Waals surface area contributed by atoms with Gasteiger partial charge in [0.05, 0.1) is 25.3 Å². The number of benzene rings is 2. The van der Waals surface area contributed by atoms with Crippen LogP contribution in [0.5, 0.6) is 5.75 Å². The number of hydrogen-bond donors (Lipinski definition) is 1. The van der Waals surface area contributed by atoms with Crippen LogP contribution in [0.25, 0.3) is 0 Å². The van der Waals surface area contributed by atoms with E-state index >= 15 is 0 Å². The average molecular weight is 357 g/mol. The first-order chi connectivity index (χ1) is 12.5. The number of methoxy groups -OCH3 is 2. The van der Waals surface area contributed by atoms with Crippen LogP contribution in [0.3, 0.4) is 0 Å². The number of nitrogens with one attached hydrogen (secondary N) is 1. The Kier molecular flexibility index (Phi) is 6.73. The van der Waals surface area contributed by atoms with Crippen molar-refractivity contribution in [3.63, 3.8) is 0 Å². The van der Waals surface area contributed by atoms with E-state index in [9.17, 15) is 14.4 Å². The lowest BCUT2D eigenvalue weighted by Gasteiger charge is -2.08. The third-order valence-electron chi connectivity index (χ3n) is 3.52. The molecule has 0 saturated heterocycles. The van der Waals surface area contributed by atoms with Crippen LogP contribution in [-0.4, -0.2) is 38.7 Å². The van der Waals surface area contributed by atoms with E-state index in [-0.39, 0.29) is 13.2 Å². The Morgan fingerprint density at radius 2 is 1.42 bits per heavy atom. The monoisotopic (exact) mass is 357 g/mol. The summed E-state index contributed by atoms with van der Waals surface area (Å²) in [4.78, 5) is 35.0. The predicted molar refractivity (Wildman–Crippen MR) is 92.9 cm³/mol. The van der Waals surface area contributed by atoms with Gasteiger partial charge in [-0.2, -0.15) is 0 Å². The number of ether oxygens (including phenoxy) is 3. The Balaban J connectivity index is 1.77. The maximum absolute atomic E-state index is 11.9. The van der Waals surface area contributed by atoms with Crippen molar-refractivity contribution < 1.29 is 28.6 Å². The molecule has 1 amide bonds. The zero-order valence-electron chi connectivity index (χ0n) is 14.5. The van der Waals surface area contributed by atoms with Crippen LogP contribution in [0.2, 0.25) is 0 Å². The van der Waals surface area contributed by atoms with E-state index in [4.69, 9.17) is 9.47 Å². The minimum Gasteiger partial charge on any atom is -0.497 e. The Morgan fingerprint density at radius 3 is 2.00 bits per heavy atom. The van der Waals surface area contributed by atoms with Gasteiger partial charge in [0.15, 0.2) is 6.61 Å². The highest BCUT2D eigenvalue weighted by molar-refractivity contribution is 5.91. The molecule has 0 unspecified atom stereocenters. The highest BCUT2D eigenvalue weighted by atomic mass is 16.5. The molecule has 0 saturated carbocycles. The van der Waals surface area contributed by atoms with Crippen LogP contribution >= 0.6 is 0 Å². The molecule has 7 nitrogen and oxygen atoms in total.